The third kappa shape index (κ3) is 4.19. The molecule has 0 radical (unpaired) electrons. The van der Waals surface area contributed by atoms with Crippen LogP contribution in [0.5, 0.6) is 0 Å². The van der Waals surface area contributed by atoms with Crippen molar-refractivity contribution in [3.63, 3.8) is 0 Å². The normalized spacial score (nSPS) is 26.2. The van der Waals surface area contributed by atoms with Gasteiger partial charge < -0.3 is 10.1 Å². The molecular weight excluding hydrogens is 454 g/mol. The van der Waals surface area contributed by atoms with Crippen LogP contribution in [0.4, 0.5) is 4.79 Å². The van der Waals surface area contributed by atoms with E-state index < -0.39 is 5.60 Å². The molecule has 1 N–H and O–H groups in total. The maximum Gasteiger partial charge on any atom is 0.411 e. The molecule has 1 aromatic heterocycles. The van der Waals surface area contributed by atoms with E-state index in [0.29, 0.717) is 9.61 Å². The Kier molecular flexibility index (Phi) is 5.66. The Morgan fingerprint density at radius 3 is 2.55 bits per heavy atom. The smallest absolute Gasteiger partial charge is 0.411 e. The topological polar surface area (TPSA) is 71.5 Å². The molecule has 1 saturated heterocycles. The highest BCUT2D eigenvalue weighted by molar-refractivity contribution is 9.11. The van der Waals surface area contributed by atoms with Crippen molar-refractivity contribution in [2.24, 2.45) is 0 Å². The monoisotopic (exact) mass is 477 g/mol. The lowest BCUT2D eigenvalue weighted by Crippen LogP contribution is -2.46. The number of nitrogens with one attached hydrogen (secondary N) is 1. The predicted molar refractivity (Wildman–Crippen MR) is 115 cm³/mol. The van der Waals surface area contributed by atoms with Gasteiger partial charge in [0.2, 0.25) is 0 Å². The lowest BCUT2D eigenvalue weighted by Gasteiger charge is -2.38. The summed E-state index contributed by atoms with van der Waals surface area (Å²) in [6.45, 7) is 3.95. The van der Waals surface area contributed by atoms with Crippen molar-refractivity contribution in [1.82, 2.24) is 15.2 Å². The number of carbonyl (C=O) groups is 2. The summed E-state index contributed by atoms with van der Waals surface area (Å²) in [6.07, 6.45) is 3.07. The van der Waals surface area contributed by atoms with E-state index in [1.807, 2.05) is 36.9 Å². The number of benzene rings is 1. The van der Waals surface area contributed by atoms with Gasteiger partial charge in [-0.2, -0.15) is 0 Å². The number of rotatable bonds is 4. The molecule has 2 aliphatic rings. The lowest BCUT2D eigenvalue weighted by atomic mass is 9.86. The Labute approximate surface area is 182 Å². The van der Waals surface area contributed by atoms with Crippen molar-refractivity contribution >= 4 is 39.3 Å². The van der Waals surface area contributed by atoms with E-state index in [4.69, 9.17) is 4.74 Å². The predicted octanol–water partition coefficient (Wildman–Crippen LogP) is 4.92. The highest BCUT2D eigenvalue weighted by Gasteiger charge is 2.51. The van der Waals surface area contributed by atoms with Crippen molar-refractivity contribution < 1.29 is 14.3 Å². The summed E-state index contributed by atoms with van der Waals surface area (Å²) in [5.41, 5.74) is 0.951. The molecule has 1 atom stereocenters. The SMILES string of the molecule is CC1(C)OC(=O)N([C@H]2CC[C@H](NC(=O)c3csc(Br)n3)CC2)[C@H]1c1ccccc1. The second-order valence-corrected chi connectivity index (χ2v) is 10.3. The second-order valence-electron chi connectivity index (χ2n) is 8.16. The van der Waals surface area contributed by atoms with Crippen molar-refractivity contribution in [3.8, 4) is 0 Å². The van der Waals surface area contributed by atoms with E-state index in [2.05, 4.69) is 38.4 Å². The molecule has 8 heteroatoms. The summed E-state index contributed by atoms with van der Waals surface area (Å²) in [4.78, 5) is 31.2. The number of cyclic esters (lactones) is 1. The molecule has 2 amide bonds. The fraction of sp³-hybridized carbons (Fsp3) is 0.476. The van der Waals surface area contributed by atoms with Gasteiger partial charge in [-0.15, -0.1) is 11.3 Å². The number of nitrogens with zero attached hydrogens (tertiary/aromatic N) is 2. The summed E-state index contributed by atoms with van der Waals surface area (Å²) in [5, 5.41) is 4.83. The van der Waals surface area contributed by atoms with E-state index in [9.17, 15) is 9.59 Å². The maximum atomic E-state index is 12.7. The molecule has 1 aliphatic carbocycles. The summed E-state index contributed by atoms with van der Waals surface area (Å²) in [7, 11) is 0. The average molecular weight is 478 g/mol. The van der Waals surface area contributed by atoms with Gasteiger partial charge in [-0.3, -0.25) is 9.69 Å². The minimum absolute atomic E-state index is 0.0982. The summed E-state index contributed by atoms with van der Waals surface area (Å²) < 4.78 is 6.44. The van der Waals surface area contributed by atoms with Gasteiger partial charge in [0.05, 0.1) is 6.04 Å². The number of hydrogen-bond acceptors (Lipinski definition) is 5. The molecule has 1 saturated carbocycles. The van der Waals surface area contributed by atoms with Crippen molar-refractivity contribution in [3.05, 3.63) is 50.9 Å². The van der Waals surface area contributed by atoms with Crippen LogP contribution in [-0.2, 0) is 4.74 Å². The molecule has 1 aliphatic heterocycles. The molecule has 0 unspecified atom stereocenters. The first kappa shape index (κ1) is 20.3. The van der Waals surface area contributed by atoms with E-state index in [1.54, 1.807) is 5.38 Å². The molecule has 0 spiro atoms. The molecular formula is C21H24BrN3O3S. The maximum absolute atomic E-state index is 12.7. The summed E-state index contributed by atoms with van der Waals surface area (Å²) in [5.74, 6) is -0.140. The molecule has 1 aromatic carbocycles. The molecule has 2 fully saturated rings. The van der Waals surface area contributed by atoms with E-state index in [-0.39, 0.29) is 30.1 Å². The van der Waals surface area contributed by atoms with Crippen molar-refractivity contribution in [1.29, 1.82) is 0 Å². The molecule has 6 nitrogen and oxygen atoms in total. The van der Waals surface area contributed by atoms with Gasteiger partial charge >= 0.3 is 6.09 Å². The first-order chi connectivity index (χ1) is 13.8. The van der Waals surface area contributed by atoms with Crippen LogP contribution in [0, 0.1) is 0 Å². The van der Waals surface area contributed by atoms with Crippen LogP contribution in [0.2, 0.25) is 0 Å². The standard InChI is InChI=1S/C21H24BrN3O3S/c1-21(2)17(13-6-4-3-5-7-13)25(20(27)28-21)15-10-8-14(9-11-15)23-18(26)16-12-29-19(22)24-16/h3-7,12,14-15,17H,8-11H2,1-2H3,(H,23,26)/t14-,15-,17-/m0/s1. The largest absolute Gasteiger partial charge is 0.441 e. The Morgan fingerprint density at radius 2 is 1.93 bits per heavy atom. The zero-order chi connectivity index (χ0) is 20.6. The number of hydrogen-bond donors (Lipinski definition) is 1. The highest BCUT2D eigenvalue weighted by atomic mass is 79.9. The van der Waals surface area contributed by atoms with Crippen molar-refractivity contribution in [2.45, 2.75) is 63.3 Å². The van der Waals surface area contributed by atoms with Gasteiger partial charge in [0.15, 0.2) is 3.92 Å². The minimum atomic E-state index is -0.582. The van der Waals surface area contributed by atoms with Crippen LogP contribution in [-0.4, -0.2) is 39.6 Å². The zero-order valence-corrected chi connectivity index (χ0v) is 18.8. The van der Waals surface area contributed by atoms with Crippen LogP contribution in [0.25, 0.3) is 0 Å². The number of carbonyl (C=O) groups excluding carboxylic acids is 2. The van der Waals surface area contributed by atoms with Crippen molar-refractivity contribution in [2.75, 3.05) is 0 Å². The summed E-state index contributed by atoms with van der Waals surface area (Å²) in [6, 6.07) is 10.2. The van der Waals surface area contributed by atoms with Crippen LogP contribution < -0.4 is 5.32 Å². The number of amides is 2. The number of thiazole rings is 1. The fourth-order valence-electron chi connectivity index (χ4n) is 4.44. The third-order valence-electron chi connectivity index (χ3n) is 5.75. The molecule has 2 heterocycles. The van der Waals surface area contributed by atoms with Crippen LogP contribution >= 0.6 is 27.3 Å². The summed E-state index contributed by atoms with van der Waals surface area (Å²) >= 11 is 4.69. The molecule has 29 heavy (non-hydrogen) atoms. The number of aromatic nitrogens is 1. The molecule has 4 rings (SSSR count). The van der Waals surface area contributed by atoms with Gasteiger partial charge in [-0.05, 0) is 61.0 Å². The van der Waals surface area contributed by atoms with Gasteiger partial charge in [0.25, 0.3) is 5.91 Å². The van der Waals surface area contributed by atoms with E-state index in [1.165, 1.54) is 11.3 Å². The number of halogens is 1. The Bertz CT molecular complexity index is 894. The van der Waals surface area contributed by atoms with Gasteiger partial charge in [0.1, 0.15) is 11.3 Å². The van der Waals surface area contributed by atoms with Crippen LogP contribution in [0.3, 0.4) is 0 Å². The Morgan fingerprint density at radius 1 is 1.24 bits per heavy atom. The minimum Gasteiger partial charge on any atom is -0.441 e. The third-order valence-corrected chi connectivity index (χ3v) is 7.11. The van der Waals surface area contributed by atoms with Gasteiger partial charge in [-0.25, -0.2) is 9.78 Å². The number of ether oxygens (including phenoxy) is 1. The quantitative estimate of drug-likeness (QED) is 0.678. The second kappa shape index (κ2) is 8.07. The van der Waals surface area contributed by atoms with Crippen LogP contribution in [0.15, 0.2) is 39.6 Å². The molecule has 2 aromatic rings. The lowest BCUT2D eigenvalue weighted by molar-refractivity contribution is 0.0663. The highest BCUT2D eigenvalue weighted by Crippen LogP contribution is 2.44. The first-order valence-corrected chi connectivity index (χ1v) is 11.5. The average Bonchev–Trinajstić information content (AvgIpc) is 3.23. The van der Waals surface area contributed by atoms with E-state index in [0.717, 1.165) is 31.2 Å². The Balaban J connectivity index is 1.43. The van der Waals surface area contributed by atoms with Gasteiger partial charge in [0, 0.05) is 17.5 Å². The van der Waals surface area contributed by atoms with E-state index >= 15 is 0 Å². The molecule has 154 valence electrons. The Hall–Kier alpha value is -1.93. The van der Waals surface area contributed by atoms with Gasteiger partial charge in [-0.1, -0.05) is 30.3 Å². The zero-order valence-electron chi connectivity index (χ0n) is 16.4. The first-order valence-electron chi connectivity index (χ1n) is 9.83. The molecule has 0 bridgehead atoms. The fourth-order valence-corrected chi connectivity index (χ4v) is 5.44. The van der Waals surface area contributed by atoms with Crippen LogP contribution in [0.1, 0.15) is 61.6 Å².